The lowest BCUT2D eigenvalue weighted by atomic mass is 10.0. The molecule has 1 fully saturated rings. The van der Waals surface area contributed by atoms with Crippen LogP contribution in [0.15, 0.2) is 16.8 Å². The standard InChI is InChI=1S/C15H22N2O2S/c1-3-11(2)15(19)17-7-4-13(5-8-17)16-14(18)12-6-9-20-10-12/h6,9-11,13H,3-5,7-8H2,1-2H3,(H,16,18). The fraction of sp³-hybridized carbons (Fsp3) is 0.600. The number of nitrogens with zero attached hydrogens (tertiary/aromatic N) is 1. The molecule has 1 saturated heterocycles. The van der Waals surface area contributed by atoms with E-state index in [4.69, 9.17) is 0 Å². The van der Waals surface area contributed by atoms with Crippen LogP contribution < -0.4 is 5.32 Å². The first-order valence-corrected chi connectivity index (χ1v) is 8.18. The van der Waals surface area contributed by atoms with Crippen molar-refractivity contribution in [2.75, 3.05) is 13.1 Å². The zero-order valence-corrected chi connectivity index (χ0v) is 12.9. The topological polar surface area (TPSA) is 49.4 Å². The predicted molar refractivity (Wildman–Crippen MR) is 80.8 cm³/mol. The Hall–Kier alpha value is -1.36. The van der Waals surface area contributed by atoms with E-state index in [2.05, 4.69) is 5.32 Å². The highest BCUT2D eigenvalue weighted by Crippen LogP contribution is 2.15. The van der Waals surface area contributed by atoms with Gasteiger partial charge in [0.25, 0.3) is 5.91 Å². The zero-order valence-electron chi connectivity index (χ0n) is 12.1. The van der Waals surface area contributed by atoms with Crippen LogP contribution in [0.3, 0.4) is 0 Å². The van der Waals surface area contributed by atoms with E-state index in [-0.39, 0.29) is 23.8 Å². The smallest absolute Gasteiger partial charge is 0.252 e. The lowest BCUT2D eigenvalue weighted by Gasteiger charge is -2.33. The molecule has 0 bridgehead atoms. The molecule has 1 N–H and O–H groups in total. The molecule has 1 aromatic heterocycles. The van der Waals surface area contributed by atoms with Crippen LogP contribution in [0.2, 0.25) is 0 Å². The van der Waals surface area contributed by atoms with Crippen molar-refractivity contribution in [1.29, 1.82) is 0 Å². The molecule has 1 aliphatic rings. The molecule has 0 radical (unpaired) electrons. The van der Waals surface area contributed by atoms with Crippen molar-refractivity contribution in [2.45, 2.75) is 39.2 Å². The van der Waals surface area contributed by atoms with E-state index in [0.717, 1.165) is 37.9 Å². The van der Waals surface area contributed by atoms with Crippen molar-refractivity contribution in [3.8, 4) is 0 Å². The van der Waals surface area contributed by atoms with Gasteiger partial charge in [0.1, 0.15) is 0 Å². The molecule has 5 heteroatoms. The summed E-state index contributed by atoms with van der Waals surface area (Å²) in [4.78, 5) is 26.0. The molecule has 20 heavy (non-hydrogen) atoms. The monoisotopic (exact) mass is 294 g/mol. The van der Waals surface area contributed by atoms with Crippen molar-refractivity contribution < 1.29 is 9.59 Å². The van der Waals surface area contributed by atoms with E-state index in [1.54, 1.807) is 0 Å². The van der Waals surface area contributed by atoms with E-state index in [9.17, 15) is 9.59 Å². The summed E-state index contributed by atoms with van der Waals surface area (Å²) in [6.45, 7) is 5.51. The Morgan fingerprint density at radius 1 is 1.45 bits per heavy atom. The van der Waals surface area contributed by atoms with Gasteiger partial charge in [-0.05, 0) is 30.7 Å². The minimum atomic E-state index is -0.00190. The van der Waals surface area contributed by atoms with Crippen molar-refractivity contribution in [1.82, 2.24) is 10.2 Å². The average Bonchev–Trinajstić information content (AvgIpc) is 3.01. The van der Waals surface area contributed by atoms with Gasteiger partial charge in [-0.2, -0.15) is 11.3 Å². The molecule has 2 heterocycles. The van der Waals surface area contributed by atoms with Crippen LogP contribution >= 0.6 is 11.3 Å². The summed E-state index contributed by atoms with van der Waals surface area (Å²) >= 11 is 1.53. The second-order valence-electron chi connectivity index (χ2n) is 5.39. The number of piperidine rings is 1. The first-order chi connectivity index (χ1) is 9.61. The fourth-order valence-corrected chi connectivity index (χ4v) is 3.03. The predicted octanol–water partition coefficient (Wildman–Crippen LogP) is 2.52. The van der Waals surface area contributed by atoms with Crippen molar-refractivity contribution in [3.05, 3.63) is 22.4 Å². The quantitative estimate of drug-likeness (QED) is 0.927. The Morgan fingerprint density at radius 3 is 2.70 bits per heavy atom. The summed E-state index contributed by atoms with van der Waals surface area (Å²) < 4.78 is 0. The third-order valence-corrected chi connectivity index (χ3v) is 4.64. The summed E-state index contributed by atoms with van der Waals surface area (Å²) in [7, 11) is 0. The van der Waals surface area contributed by atoms with Crippen LogP contribution in [0.1, 0.15) is 43.5 Å². The first-order valence-electron chi connectivity index (χ1n) is 7.23. The van der Waals surface area contributed by atoms with Gasteiger partial charge in [0.2, 0.25) is 5.91 Å². The number of carbonyl (C=O) groups is 2. The van der Waals surface area contributed by atoms with E-state index < -0.39 is 0 Å². The Balaban J connectivity index is 1.80. The Morgan fingerprint density at radius 2 is 2.15 bits per heavy atom. The highest BCUT2D eigenvalue weighted by molar-refractivity contribution is 7.08. The van der Waals surface area contributed by atoms with E-state index in [0.29, 0.717) is 0 Å². The van der Waals surface area contributed by atoms with Gasteiger partial charge in [-0.25, -0.2) is 0 Å². The number of hydrogen-bond acceptors (Lipinski definition) is 3. The van der Waals surface area contributed by atoms with Gasteiger partial charge < -0.3 is 10.2 Å². The molecule has 2 rings (SSSR count). The van der Waals surface area contributed by atoms with Crippen LogP contribution in [-0.4, -0.2) is 35.8 Å². The summed E-state index contributed by atoms with van der Waals surface area (Å²) in [6, 6.07) is 2.02. The number of rotatable bonds is 4. The summed E-state index contributed by atoms with van der Waals surface area (Å²) in [5, 5.41) is 6.82. The molecule has 1 atom stereocenters. The van der Waals surface area contributed by atoms with E-state index in [1.165, 1.54) is 11.3 Å². The Labute approximate surface area is 124 Å². The fourth-order valence-electron chi connectivity index (χ4n) is 2.39. The van der Waals surface area contributed by atoms with Crippen LogP contribution in [0, 0.1) is 5.92 Å². The third kappa shape index (κ3) is 3.60. The van der Waals surface area contributed by atoms with Crippen LogP contribution in [0.5, 0.6) is 0 Å². The van der Waals surface area contributed by atoms with Crippen LogP contribution in [0.25, 0.3) is 0 Å². The van der Waals surface area contributed by atoms with Gasteiger partial charge in [-0.1, -0.05) is 13.8 Å². The number of likely N-dealkylation sites (tertiary alicyclic amines) is 1. The molecule has 1 aromatic rings. The second kappa shape index (κ2) is 6.88. The van der Waals surface area contributed by atoms with Gasteiger partial charge >= 0.3 is 0 Å². The zero-order chi connectivity index (χ0) is 14.5. The third-order valence-electron chi connectivity index (χ3n) is 3.96. The molecule has 1 aliphatic heterocycles. The Bertz CT molecular complexity index is 450. The molecule has 2 amide bonds. The van der Waals surface area contributed by atoms with Gasteiger partial charge in [0, 0.05) is 36.0 Å². The molecular weight excluding hydrogens is 272 g/mol. The lowest BCUT2D eigenvalue weighted by Crippen LogP contribution is -2.47. The molecule has 0 aromatic carbocycles. The van der Waals surface area contributed by atoms with E-state index in [1.807, 2.05) is 35.6 Å². The molecule has 0 aliphatic carbocycles. The van der Waals surface area contributed by atoms with Gasteiger partial charge in [0.05, 0.1) is 0 Å². The molecular formula is C15H22N2O2S. The van der Waals surface area contributed by atoms with Gasteiger partial charge in [0.15, 0.2) is 0 Å². The highest BCUT2D eigenvalue weighted by Gasteiger charge is 2.26. The maximum atomic E-state index is 12.1. The SMILES string of the molecule is CCC(C)C(=O)N1CCC(NC(=O)c2ccsc2)CC1. The largest absolute Gasteiger partial charge is 0.349 e. The Kier molecular flexibility index (Phi) is 5.17. The summed E-state index contributed by atoms with van der Waals surface area (Å²) in [5.41, 5.74) is 0.730. The minimum absolute atomic E-state index is 0.00190. The summed E-state index contributed by atoms with van der Waals surface area (Å²) in [6.07, 6.45) is 2.57. The van der Waals surface area contributed by atoms with Crippen molar-refractivity contribution in [2.24, 2.45) is 5.92 Å². The molecule has 1 unspecified atom stereocenters. The number of thiophene rings is 1. The molecule has 4 nitrogen and oxygen atoms in total. The highest BCUT2D eigenvalue weighted by atomic mass is 32.1. The molecule has 0 saturated carbocycles. The van der Waals surface area contributed by atoms with Gasteiger partial charge in [-0.15, -0.1) is 0 Å². The maximum absolute atomic E-state index is 12.1. The number of hydrogen-bond donors (Lipinski definition) is 1. The normalized spacial score (nSPS) is 17.8. The van der Waals surface area contributed by atoms with Gasteiger partial charge in [-0.3, -0.25) is 9.59 Å². The maximum Gasteiger partial charge on any atom is 0.252 e. The van der Waals surface area contributed by atoms with Crippen molar-refractivity contribution >= 4 is 23.2 Å². The summed E-state index contributed by atoms with van der Waals surface area (Å²) in [5.74, 6) is 0.347. The minimum Gasteiger partial charge on any atom is -0.349 e. The van der Waals surface area contributed by atoms with Crippen LogP contribution in [0.4, 0.5) is 0 Å². The second-order valence-corrected chi connectivity index (χ2v) is 6.17. The number of carbonyl (C=O) groups excluding carboxylic acids is 2. The van der Waals surface area contributed by atoms with Crippen LogP contribution in [-0.2, 0) is 4.79 Å². The van der Waals surface area contributed by atoms with Crippen molar-refractivity contribution in [3.63, 3.8) is 0 Å². The average molecular weight is 294 g/mol. The molecule has 110 valence electrons. The van der Waals surface area contributed by atoms with E-state index >= 15 is 0 Å². The molecule has 0 spiro atoms. The number of amides is 2. The number of nitrogens with one attached hydrogen (secondary N) is 1. The first kappa shape index (κ1) is 15.0. The lowest BCUT2D eigenvalue weighted by molar-refractivity contribution is -0.136.